The lowest BCUT2D eigenvalue weighted by Gasteiger charge is -2.39. The number of hydrazone groups is 1. The molecule has 0 bridgehead atoms. The molecular weight excluding hydrogens is 320 g/mol. The van der Waals surface area contributed by atoms with Gasteiger partial charge in [-0.2, -0.15) is 5.10 Å². The molecule has 0 N–H and O–H groups in total. The summed E-state index contributed by atoms with van der Waals surface area (Å²) in [5.74, 6) is -0.0959. The van der Waals surface area contributed by atoms with Crippen LogP contribution in [-0.2, 0) is 16.0 Å². The molecule has 2 aliphatic heterocycles. The predicted octanol–water partition coefficient (Wildman–Crippen LogP) is 2.08. The minimum absolute atomic E-state index is 0.0959. The van der Waals surface area contributed by atoms with E-state index in [0.717, 1.165) is 11.4 Å². The maximum absolute atomic E-state index is 12.9. The summed E-state index contributed by atoms with van der Waals surface area (Å²) in [5.41, 5.74) is 0.212. The van der Waals surface area contributed by atoms with Gasteiger partial charge in [-0.1, -0.05) is 6.07 Å². The van der Waals surface area contributed by atoms with Crippen molar-refractivity contribution >= 4 is 17.7 Å². The van der Waals surface area contributed by atoms with Crippen LogP contribution < -0.4 is 0 Å². The van der Waals surface area contributed by atoms with Crippen molar-refractivity contribution in [1.82, 2.24) is 14.9 Å². The van der Waals surface area contributed by atoms with Gasteiger partial charge >= 0.3 is 6.09 Å². The van der Waals surface area contributed by atoms with Crippen LogP contribution in [0.1, 0.15) is 32.9 Å². The minimum Gasteiger partial charge on any atom is -0.444 e. The summed E-state index contributed by atoms with van der Waals surface area (Å²) < 4.78 is 5.49. The average molecular weight is 344 g/mol. The molecule has 3 heterocycles. The van der Waals surface area contributed by atoms with Crippen LogP contribution in [0.25, 0.3) is 0 Å². The van der Waals surface area contributed by atoms with E-state index < -0.39 is 17.1 Å². The second kappa shape index (κ2) is 6.13. The Morgan fingerprint density at radius 2 is 2.12 bits per heavy atom. The van der Waals surface area contributed by atoms with Crippen LogP contribution in [0.3, 0.4) is 0 Å². The maximum Gasteiger partial charge on any atom is 0.410 e. The maximum atomic E-state index is 12.9. The van der Waals surface area contributed by atoms with Gasteiger partial charge in [0.15, 0.2) is 0 Å². The van der Waals surface area contributed by atoms with E-state index in [1.54, 1.807) is 18.1 Å². The van der Waals surface area contributed by atoms with Crippen LogP contribution in [-0.4, -0.2) is 58.3 Å². The molecule has 134 valence electrons. The molecule has 25 heavy (non-hydrogen) atoms. The van der Waals surface area contributed by atoms with Gasteiger partial charge in [0, 0.05) is 44.9 Å². The molecule has 1 aromatic heterocycles. The monoisotopic (exact) mass is 344 g/mol. The lowest BCUT2D eigenvalue weighted by atomic mass is 9.74. The van der Waals surface area contributed by atoms with Gasteiger partial charge in [0.25, 0.3) is 5.91 Å². The van der Waals surface area contributed by atoms with Gasteiger partial charge in [-0.3, -0.25) is 9.78 Å². The van der Waals surface area contributed by atoms with E-state index in [0.29, 0.717) is 19.4 Å². The zero-order valence-electron chi connectivity index (χ0n) is 15.2. The SMILES string of the molecule is CN1N=C2CCN(C(=O)OC(C)(C)C)CC2(Cc2ccccn2)C1=O. The lowest BCUT2D eigenvalue weighted by molar-refractivity contribution is -0.136. The zero-order chi connectivity index (χ0) is 18.2. The lowest BCUT2D eigenvalue weighted by Crippen LogP contribution is -2.56. The summed E-state index contributed by atoms with van der Waals surface area (Å²) in [4.78, 5) is 31.4. The normalized spacial score (nSPS) is 23.4. The van der Waals surface area contributed by atoms with Gasteiger partial charge in [0.05, 0.1) is 5.71 Å². The Hall–Kier alpha value is -2.44. The smallest absolute Gasteiger partial charge is 0.410 e. The molecule has 0 saturated carbocycles. The fraction of sp³-hybridized carbons (Fsp3) is 0.556. The van der Waals surface area contributed by atoms with Crippen LogP contribution in [0.5, 0.6) is 0 Å². The number of piperidine rings is 1. The van der Waals surface area contributed by atoms with Crippen LogP contribution in [0, 0.1) is 5.41 Å². The number of nitrogens with zero attached hydrogens (tertiary/aromatic N) is 4. The summed E-state index contributed by atoms with van der Waals surface area (Å²) in [6, 6.07) is 5.63. The van der Waals surface area contributed by atoms with Crippen molar-refractivity contribution in [3.05, 3.63) is 30.1 Å². The van der Waals surface area contributed by atoms with Crippen LogP contribution in [0.15, 0.2) is 29.5 Å². The summed E-state index contributed by atoms with van der Waals surface area (Å²) in [5, 5.41) is 5.81. The Bertz CT molecular complexity index is 711. The van der Waals surface area contributed by atoms with Gasteiger partial charge < -0.3 is 9.64 Å². The summed E-state index contributed by atoms with van der Waals surface area (Å²) in [7, 11) is 1.66. The number of fused-ring (bicyclic) bond motifs is 1. The van der Waals surface area contributed by atoms with E-state index in [-0.39, 0.29) is 12.5 Å². The highest BCUT2D eigenvalue weighted by molar-refractivity contribution is 6.13. The van der Waals surface area contributed by atoms with Crippen molar-refractivity contribution in [2.45, 2.75) is 39.2 Å². The summed E-state index contributed by atoms with van der Waals surface area (Å²) >= 11 is 0. The highest BCUT2D eigenvalue weighted by atomic mass is 16.6. The molecule has 1 fully saturated rings. The van der Waals surface area contributed by atoms with Gasteiger partial charge in [0.2, 0.25) is 0 Å². The van der Waals surface area contributed by atoms with Crippen LogP contribution >= 0.6 is 0 Å². The largest absolute Gasteiger partial charge is 0.444 e. The Kier molecular flexibility index (Phi) is 4.26. The highest BCUT2D eigenvalue weighted by Gasteiger charge is 2.54. The first kappa shape index (κ1) is 17.4. The topological polar surface area (TPSA) is 75.1 Å². The van der Waals surface area contributed by atoms with E-state index in [1.807, 2.05) is 39.0 Å². The molecule has 0 aliphatic carbocycles. The highest BCUT2D eigenvalue weighted by Crippen LogP contribution is 2.38. The second-order valence-corrected chi connectivity index (χ2v) is 7.61. The summed E-state index contributed by atoms with van der Waals surface area (Å²) in [6.07, 6.45) is 2.30. The van der Waals surface area contributed by atoms with Gasteiger partial charge in [-0.05, 0) is 32.9 Å². The fourth-order valence-corrected chi connectivity index (χ4v) is 3.38. The molecule has 2 amide bonds. The van der Waals surface area contributed by atoms with Crippen molar-refractivity contribution in [1.29, 1.82) is 0 Å². The molecule has 1 atom stereocenters. The molecule has 7 heteroatoms. The standard InChI is InChI=1S/C18H24N4O3/c1-17(2,3)25-16(24)22-10-8-14-18(12-22,15(23)21(4)20-14)11-13-7-5-6-9-19-13/h5-7,9H,8,10-12H2,1-4H3. The first-order valence-corrected chi connectivity index (χ1v) is 8.45. The van der Waals surface area contributed by atoms with E-state index in [4.69, 9.17) is 4.74 Å². The molecule has 1 aromatic rings. The Morgan fingerprint density at radius 3 is 2.76 bits per heavy atom. The molecule has 0 aromatic carbocycles. The van der Waals surface area contributed by atoms with Crippen molar-refractivity contribution < 1.29 is 14.3 Å². The first-order chi connectivity index (χ1) is 11.7. The van der Waals surface area contributed by atoms with Gasteiger partial charge in [-0.25, -0.2) is 9.80 Å². The molecule has 3 rings (SSSR count). The average Bonchev–Trinajstić information content (AvgIpc) is 2.78. The molecule has 2 aliphatic rings. The summed E-state index contributed by atoms with van der Waals surface area (Å²) in [6.45, 7) is 6.26. The van der Waals surface area contributed by atoms with Crippen molar-refractivity contribution in [3.63, 3.8) is 0 Å². The number of pyridine rings is 1. The quantitative estimate of drug-likeness (QED) is 0.823. The van der Waals surface area contributed by atoms with E-state index in [9.17, 15) is 9.59 Å². The van der Waals surface area contributed by atoms with E-state index in [1.165, 1.54) is 5.01 Å². The number of rotatable bonds is 2. The number of ether oxygens (including phenoxy) is 1. The second-order valence-electron chi connectivity index (χ2n) is 7.61. The number of hydrogen-bond acceptors (Lipinski definition) is 5. The Morgan fingerprint density at radius 1 is 1.36 bits per heavy atom. The number of carbonyl (C=O) groups is 2. The number of hydrogen-bond donors (Lipinski definition) is 0. The Balaban J connectivity index is 1.88. The molecule has 0 spiro atoms. The number of carbonyl (C=O) groups excluding carboxylic acids is 2. The number of likely N-dealkylation sites (tertiary alicyclic amines) is 1. The molecule has 0 radical (unpaired) electrons. The van der Waals surface area contributed by atoms with E-state index >= 15 is 0 Å². The third-order valence-corrected chi connectivity index (χ3v) is 4.47. The van der Waals surface area contributed by atoms with Crippen molar-refractivity contribution in [2.24, 2.45) is 10.5 Å². The first-order valence-electron chi connectivity index (χ1n) is 8.45. The van der Waals surface area contributed by atoms with Gasteiger partial charge in [-0.15, -0.1) is 0 Å². The zero-order valence-corrected chi connectivity index (χ0v) is 15.2. The third-order valence-electron chi connectivity index (χ3n) is 4.47. The molecule has 7 nitrogen and oxygen atoms in total. The van der Waals surface area contributed by atoms with Crippen LogP contribution in [0.4, 0.5) is 4.79 Å². The Labute approximate surface area is 147 Å². The fourth-order valence-electron chi connectivity index (χ4n) is 3.38. The number of amides is 2. The van der Waals surface area contributed by atoms with E-state index in [2.05, 4.69) is 10.1 Å². The van der Waals surface area contributed by atoms with Crippen LogP contribution in [0.2, 0.25) is 0 Å². The van der Waals surface area contributed by atoms with Crippen molar-refractivity contribution in [2.75, 3.05) is 20.1 Å². The van der Waals surface area contributed by atoms with Crippen molar-refractivity contribution in [3.8, 4) is 0 Å². The third kappa shape index (κ3) is 3.36. The molecule has 1 unspecified atom stereocenters. The number of aromatic nitrogens is 1. The van der Waals surface area contributed by atoms with Gasteiger partial charge in [0.1, 0.15) is 11.0 Å². The minimum atomic E-state index is -0.849. The molecular formula is C18H24N4O3. The predicted molar refractivity (Wildman–Crippen MR) is 93.0 cm³/mol. The molecule has 1 saturated heterocycles.